The molecule has 98 valence electrons. The Hall–Kier alpha value is -0.990. The molecule has 0 bridgehead atoms. The van der Waals surface area contributed by atoms with Gasteiger partial charge in [-0.25, -0.2) is 0 Å². The van der Waals surface area contributed by atoms with Crippen LogP contribution in [-0.2, 0) is 6.54 Å². The SMILES string of the molecule is CC(NCc1c(Cl)oc2ccccc12)C(C)(C)C. The van der Waals surface area contributed by atoms with E-state index in [4.69, 9.17) is 16.0 Å². The topological polar surface area (TPSA) is 25.2 Å². The minimum Gasteiger partial charge on any atom is -0.444 e. The van der Waals surface area contributed by atoms with Crippen molar-refractivity contribution < 1.29 is 4.42 Å². The number of hydrogen-bond donors (Lipinski definition) is 1. The van der Waals surface area contributed by atoms with Gasteiger partial charge in [-0.15, -0.1) is 0 Å². The van der Waals surface area contributed by atoms with E-state index in [9.17, 15) is 0 Å². The molecule has 3 heteroatoms. The third-order valence-corrected chi connectivity index (χ3v) is 3.84. The monoisotopic (exact) mass is 265 g/mol. The van der Waals surface area contributed by atoms with Crippen molar-refractivity contribution in [1.29, 1.82) is 0 Å². The smallest absolute Gasteiger partial charge is 0.199 e. The zero-order chi connectivity index (χ0) is 13.3. The van der Waals surface area contributed by atoms with Gasteiger partial charge < -0.3 is 9.73 Å². The predicted molar refractivity (Wildman–Crippen MR) is 77.0 cm³/mol. The van der Waals surface area contributed by atoms with Crippen LogP contribution in [0.15, 0.2) is 28.7 Å². The molecule has 0 aliphatic rings. The van der Waals surface area contributed by atoms with Crippen molar-refractivity contribution in [3.05, 3.63) is 35.0 Å². The first-order valence-electron chi connectivity index (χ1n) is 6.29. The van der Waals surface area contributed by atoms with Crippen LogP contribution in [0.5, 0.6) is 0 Å². The van der Waals surface area contributed by atoms with Gasteiger partial charge in [0.1, 0.15) is 5.58 Å². The van der Waals surface area contributed by atoms with E-state index >= 15 is 0 Å². The highest BCUT2D eigenvalue weighted by atomic mass is 35.5. The van der Waals surface area contributed by atoms with Crippen LogP contribution < -0.4 is 5.32 Å². The number of nitrogens with one attached hydrogen (secondary N) is 1. The Balaban J connectivity index is 2.20. The zero-order valence-electron chi connectivity index (χ0n) is 11.4. The lowest BCUT2D eigenvalue weighted by molar-refractivity contribution is 0.285. The van der Waals surface area contributed by atoms with E-state index in [1.54, 1.807) is 0 Å². The van der Waals surface area contributed by atoms with Crippen molar-refractivity contribution in [2.45, 2.75) is 40.3 Å². The maximum atomic E-state index is 6.16. The first-order chi connectivity index (χ1) is 8.39. The molecule has 2 rings (SSSR count). The lowest BCUT2D eigenvalue weighted by Gasteiger charge is -2.28. The molecule has 1 heterocycles. The third-order valence-electron chi connectivity index (χ3n) is 3.53. The summed E-state index contributed by atoms with van der Waals surface area (Å²) in [5, 5.41) is 5.10. The molecule has 1 unspecified atom stereocenters. The summed E-state index contributed by atoms with van der Waals surface area (Å²) in [6.45, 7) is 9.59. The molecule has 0 aliphatic carbocycles. The van der Waals surface area contributed by atoms with Gasteiger partial charge in [-0.2, -0.15) is 0 Å². The Morgan fingerprint density at radius 3 is 2.61 bits per heavy atom. The van der Waals surface area contributed by atoms with E-state index < -0.39 is 0 Å². The molecule has 0 radical (unpaired) electrons. The highest BCUT2D eigenvalue weighted by Crippen LogP contribution is 2.30. The number of rotatable bonds is 3. The maximum absolute atomic E-state index is 6.16. The second-order valence-electron chi connectivity index (χ2n) is 5.82. The lowest BCUT2D eigenvalue weighted by atomic mass is 9.88. The largest absolute Gasteiger partial charge is 0.444 e. The molecule has 1 atom stereocenters. The summed E-state index contributed by atoms with van der Waals surface area (Å²) < 4.78 is 5.54. The quantitative estimate of drug-likeness (QED) is 0.877. The van der Waals surface area contributed by atoms with E-state index in [-0.39, 0.29) is 5.41 Å². The molecule has 18 heavy (non-hydrogen) atoms. The maximum Gasteiger partial charge on any atom is 0.199 e. The number of hydrogen-bond acceptors (Lipinski definition) is 2. The fraction of sp³-hybridized carbons (Fsp3) is 0.467. The molecule has 0 amide bonds. The minimum atomic E-state index is 0.228. The standard InChI is InChI=1S/C15H20ClNO/c1-10(15(2,3)4)17-9-12-11-7-5-6-8-13(11)18-14(12)16/h5-8,10,17H,9H2,1-4H3. The van der Waals surface area contributed by atoms with Crippen molar-refractivity contribution in [2.24, 2.45) is 5.41 Å². The summed E-state index contributed by atoms with van der Waals surface area (Å²) in [6.07, 6.45) is 0. The van der Waals surface area contributed by atoms with Gasteiger partial charge in [0.05, 0.1) is 0 Å². The molecule has 1 N–H and O–H groups in total. The van der Waals surface area contributed by atoms with E-state index in [0.717, 1.165) is 23.1 Å². The Bertz CT molecular complexity index is 539. The number of furan rings is 1. The third kappa shape index (κ3) is 2.70. The second kappa shape index (κ2) is 4.94. The van der Waals surface area contributed by atoms with Gasteiger partial charge in [-0.3, -0.25) is 0 Å². The molecule has 0 aliphatic heterocycles. The molecule has 1 aromatic heterocycles. The molecular formula is C15H20ClNO. The fourth-order valence-electron chi connectivity index (χ4n) is 1.80. The number of para-hydroxylation sites is 1. The van der Waals surface area contributed by atoms with Crippen LogP contribution in [0.3, 0.4) is 0 Å². The van der Waals surface area contributed by atoms with Crippen molar-refractivity contribution >= 4 is 22.6 Å². The van der Waals surface area contributed by atoms with Gasteiger partial charge in [0, 0.05) is 23.5 Å². The van der Waals surface area contributed by atoms with Crippen LogP contribution in [0.4, 0.5) is 0 Å². The predicted octanol–water partition coefficient (Wildman–Crippen LogP) is 4.61. The highest BCUT2D eigenvalue weighted by Gasteiger charge is 2.20. The molecular weight excluding hydrogens is 246 g/mol. The average Bonchev–Trinajstić information content (AvgIpc) is 2.60. The Kier molecular flexibility index (Phi) is 3.69. The Morgan fingerprint density at radius 2 is 1.94 bits per heavy atom. The van der Waals surface area contributed by atoms with E-state index in [2.05, 4.69) is 33.0 Å². The summed E-state index contributed by atoms with van der Waals surface area (Å²) in [7, 11) is 0. The van der Waals surface area contributed by atoms with Crippen molar-refractivity contribution in [3.63, 3.8) is 0 Å². The minimum absolute atomic E-state index is 0.228. The molecule has 2 nitrogen and oxygen atoms in total. The van der Waals surface area contributed by atoms with E-state index in [1.807, 2.05) is 24.3 Å². The van der Waals surface area contributed by atoms with Crippen LogP contribution in [-0.4, -0.2) is 6.04 Å². The summed E-state index contributed by atoms with van der Waals surface area (Å²) in [6, 6.07) is 8.35. The first-order valence-corrected chi connectivity index (χ1v) is 6.66. The van der Waals surface area contributed by atoms with Crippen LogP contribution in [0.25, 0.3) is 11.0 Å². The van der Waals surface area contributed by atoms with E-state index in [1.165, 1.54) is 0 Å². The van der Waals surface area contributed by atoms with Crippen molar-refractivity contribution in [1.82, 2.24) is 5.32 Å². The molecule has 2 aromatic rings. The molecule has 1 aromatic carbocycles. The second-order valence-corrected chi connectivity index (χ2v) is 6.16. The molecule has 0 fully saturated rings. The summed E-state index contributed by atoms with van der Waals surface area (Å²) in [5.74, 6) is 0. The number of fused-ring (bicyclic) bond motifs is 1. The molecule has 0 spiro atoms. The van der Waals surface area contributed by atoms with Crippen LogP contribution in [0.2, 0.25) is 5.22 Å². The average molecular weight is 266 g/mol. The lowest BCUT2D eigenvalue weighted by Crippen LogP contribution is -2.37. The molecule has 0 saturated carbocycles. The summed E-state index contributed by atoms with van der Waals surface area (Å²) in [5.41, 5.74) is 2.12. The van der Waals surface area contributed by atoms with E-state index in [0.29, 0.717) is 11.3 Å². The van der Waals surface area contributed by atoms with Crippen molar-refractivity contribution in [2.75, 3.05) is 0 Å². The summed E-state index contributed by atoms with van der Waals surface area (Å²) >= 11 is 6.16. The fourth-order valence-corrected chi connectivity index (χ4v) is 2.05. The summed E-state index contributed by atoms with van der Waals surface area (Å²) in [4.78, 5) is 0. The Labute approximate surface area is 113 Å². The number of benzene rings is 1. The van der Waals surface area contributed by atoms with Crippen LogP contribution >= 0.6 is 11.6 Å². The van der Waals surface area contributed by atoms with Gasteiger partial charge in [0.15, 0.2) is 5.22 Å². The van der Waals surface area contributed by atoms with Gasteiger partial charge in [-0.05, 0) is 30.0 Å². The van der Waals surface area contributed by atoms with Gasteiger partial charge in [-0.1, -0.05) is 39.0 Å². The van der Waals surface area contributed by atoms with Gasteiger partial charge >= 0.3 is 0 Å². The number of halogens is 1. The van der Waals surface area contributed by atoms with Crippen molar-refractivity contribution in [3.8, 4) is 0 Å². The van der Waals surface area contributed by atoms with Crippen LogP contribution in [0, 0.1) is 5.41 Å². The first kappa shape index (κ1) is 13.4. The van der Waals surface area contributed by atoms with Gasteiger partial charge in [0.2, 0.25) is 0 Å². The normalized spacial score (nSPS) is 14.1. The molecule has 0 saturated heterocycles. The van der Waals surface area contributed by atoms with Gasteiger partial charge in [0.25, 0.3) is 0 Å². The highest BCUT2D eigenvalue weighted by molar-refractivity contribution is 6.30. The van der Waals surface area contributed by atoms with Crippen LogP contribution in [0.1, 0.15) is 33.3 Å². The zero-order valence-corrected chi connectivity index (χ0v) is 12.1. The Morgan fingerprint density at radius 1 is 1.28 bits per heavy atom.